The summed E-state index contributed by atoms with van der Waals surface area (Å²) in [5, 5.41) is 0. The first kappa shape index (κ1) is 12.0. The second-order valence-electron chi connectivity index (χ2n) is 4.09. The summed E-state index contributed by atoms with van der Waals surface area (Å²) in [4.78, 5) is 0. The number of nitrogens with two attached hydrogens (primary N) is 1. The van der Waals surface area contributed by atoms with Gasteiger partial charge in [0.05, 0.1) is 6.61 Å². The highest BCUT2D eigenvalue weighted by Gasteiger charge is 2.02. The molecule has 0 amide bonds. The van der Waals surface area contributed by atoms with Gasteiger partial charge in [-0.25, -0.2) is 4.39 Å². The Bertz CT molecular complexity index is 312. The van der Waals surface area contributed by atoms with Crippen molar-refractivity contribution < 1.29 is 9.13 Å². The fourth-order valence-corrected chi connectivity index (χ4v) is 1.18. The zero-order valence-electron chi connectivity index (χ0n) is 9.29. The second-order valence-corrected chi connectivity index (χ2v) is 4.09. The Kier molecular flexibility index (Phi) is 4.56. The molecule has 0 radical (unpaired) electrons. The molecule has 0 aliphatic heterocycles. The van der Waals surface area contributed by atoms with Gasteiger partial charge in [-0.2, -0.15) is 0 Å². The van der Waals surface area contributed by atoms with Gasteiger partial charge in [-0.15, -0.1) is 0 Å². The molecule has 2 N–H and O–H groups in total. The number of hydrogen-bond donors (Lipinski definition) is 1. The highest BCUT2D eigenvalue weighted by molar-refractivity contribution is 5.40. The van der Waals surface area contributed by atoms with Crippen LogP contribution in [0.5, 0.6) is 0 Å². The molecule has 0 aromatic heterocycles. The van der Waals surface area contributed by atoms with Gasteiger partial charge in [-0.1, -0.05) is 19.9 Å². The number of nitrogen functional groups attached to an aromatic ring is 1. The highest BCUT2D eigenvalue weighted by atomic mass is 19.1. The zero-order valence-corrected chi connectivity index (χ0v) is 9.29. The minimum atomic E-state index is -0.292. The monoisotopic (exact) mass is 211 g/mol. The van der Waals surface area contributed by atoms with Crippen LogP contribution >= 0.6 is 0 Å². The summed E-state index contributed by atoms with van der Waals surface area (Å²) in [6.45, 7) is 5.25. The average molecular weight is 211 g/mol. The molecule has 0 fully saturated rings. The van der Waals surface area contributed by atoms with Crippen molar-refractivity contribution >= 4 is 5.69 Å². The van der Waals surface area contributed by atoms with E-state index in [4.69, 9.17) is 10.5 Å². The van der Waals surface area contributed by atoms with Crippen LogP contribution in [0.1, 0.15) is 25.8 Å². The first-order valence-electron chi connectivity index (χ1n) is 5.21. The van der Waals surface area contributed by atoms with Crippen LogP contribution in [0.2, 0.25) is 0 Å². The van der Waals surface area contributed by atoms with Crippen LogP contribution in [0.4, 0.5) is 10.1 Å². The lowest BCUT2D eigenvalue weighted by Crippen LogP contribution is -2.01. The highest BCUT2D eigenvalue weighted by Crippen LogP contribution is 2.13. The molecule has 1 aromatic rings. The van der Waals surface area contributed by atoms with Crippen LogP contribution in [0.3, 0.4) is 0 Å². The van der Waals surface area contributed by atoms with E-state index in [0.717, 1.165) is 6.42 Å². The van der Waals surface area contributed by atoms with E-state index in [9.17, 15) is 4.39 Å². The SMILES string of the molecule is CC(C)CCOCc1ccc(N)cc1F. The minimum Gasteiger partial charge on any atom is -0.399 e. The predicted octanol–water partition coefficient (Wildman–Crippen LogP) is 2.97. The molecule has 0 bridgehead atoms. The molecular weight excluding hydrogens is 193 g/mol. The average Bonchev–Trinajstić information content (AvgIpc) is 2.14. The number of rotatable bonds is 5. The van der Waals surface area contributed by atoms with Crippen LogP contribution in [-0.2, 0) is 11.3 Å². The van der Waals surface area contributed by atoms with E-state index in [1.807, 2.05) is 0 Å². The third-order valence-electron chi connectivity index (χ3n) is 2.17. The normalized spacial score (nSPS) is 10.9. The van der Waals surface area contributed by atoms with Crippen LogP contribution in [0.25, 0.3) is 0 Å². The van der Waals surface area contributed by atoms with Gasteiger partial charge in [0.2, 0.25) is 0 Å². The van der Waals surface area contributed by atoms with Crippen molar-refractivity contribution in [1.29, 1.82) is 0 Å². The molecule has 0 aliphatic carbocycles. The van der Waals surface area contributed by atoms with Gasteiger partial charge in [0.25, 0.3) is 0 Å². The third-order valence-corrected chi connectivity index (χ3v) is 2.17. The second kappa shape index (κ2) is 5.71. The van der Waals surface area contributed by atoms with Crippen molar-refractivity contribution in [2.75, 3.05) is 12.3 Å². The van der Waals surface area contributed by atoms with Crippen molar-refractivity contribution in [3.63, 3.8) is 0 Å². The Morgan fingerprint density at radius 1 is 1.40 bits per heavy atom. The molecule has 1 rings (SSSR count). The lowest BCUT2D eigenvalue weighted by Gasteiger charge is -2.07. The van der Waals surface area contributed by atoms with E-state index in [-0.39, 0.29) is 5.82 Å². The maximum absolute atomic E-state index is 13.3. The molecule has 3 heteroatoms. The lowest BCUT2D eigenvalue weighted by atomic mass is 10.1. The molecule has 84 valence electrons. The van der Waals surface area contributed by atoms with Crippen molar-refractivity contribution in [1.82, 2.24) is 0 Å². The van der Waals surface area contributed by atoms with Gasteiger partial charge < -0.3 is 10.5 Å². The third kappa shape index (κ3) is 4.30. The van der Waals surface area contributed by atoms with E-state index in [2.05, 4.69) is 13.8 Å². The van der Waals surface area contributed by atoms with Gasteiger partial charge >= 0.3 is 0 Å². The Hall–Kier alpha value is -1.09. The topological polar surface area (TPSA) is 35.2 Å². The van der Waals surface area contributed by atoms with Crippen molar-refractivity contribution in [3.05, 3.63) is 29.6 Å². The number of benzene rings is 1. The fraction of sp³-hybridized carbons (Fsp3) is 0.500. The molecule has 0 heterocycles. The van der Waals surface area contributed by atoms with Gasteiger partial charge in [0.15, 0.2) is 0 Å². The Balaban J connectivity index is 2.37. The van der Waals surface area contributed by atoms with Gasteiger partial charge in [0.1, 0.15) is 5.82 Å². The summed E-state index contributed by atoms with van der Waals surface area (Å²) in [6.07, 6.45) is 0.997. The van der Waals surface area contributed by atoms with Gasteiger partial charge in [0, 0.05) is 17.9 Å². The quantitative estimate of drug-likeness (QED) is 0.600. The first-order chi connectivity index (χ1) is 7.09. The predicted molar refractivity (Wildman–Crippen MR) is 59.9 cm³/mol. The molecule has 0 spiro atoms. The van der Waals surface area contributed by atoms with E-state index >= 15 is 0 Å². The Morgan fingerprint density at radius 2 is 2.13 bits per heavy atom. The molecule has 1 aromatic carbocycles. The maximum atomic E-state index is 13.3. The number of halogens is 1. The molecule has 0 atom stereocenters. The standard InChI is InChI=1S/C12H18FNO/c1-9(2)5-6-15-8-10-3-4-11(14)7-12(10)13/h3-4,7,9H,5-6,8,14H2,1-2H3. The molecule has 0 unspecified atom stereocenters. The number of anilines is 1. The molecule has 15 heavy (non-hydrogen) atoms. The smallest absolute Gasteiger partial charge is 0.130 e. The summed E-state index contributed by atoms with van der Waals surface area (Å²) in [7, 11) is 0. The molecule has 0 aliphatic rings. The fourth-order valence-electron chi connectivity index (χ4n) is 1.18. The summed E-state index contributed by atoms with van der Waals surface area (Å²) >= 11 is 0. The maximum Gasteiger partial charge on any atom is 0.130 e. The van der Waals surface area contributed by atoms with Crippen LogP contribution in [0.15, 0.2) is 18.2 Å². The van der Waals surface area contributed by atoms with Gasteiger partial charge in [-0.05, 0) is 24.5 Å². The minimum absolute atomic E-state index is 0.292. The molecule has 0 saturated heterocycles. The summed E-state index contributed by atoms with van der Waals surface area (Å²) < 4.78 is 18.6. The lowest BCUT2D eigenvalue weighted by molar-refractivity contribution is 0.108. The van der Waals surface area contributed by atoms with E-state index in [1.54, 1.807) is 12.1 Å². The van der Waals surface area contributed by atoms with Crippen molar-refractivity contribution in [2.45, 2.75) is 26.9 Å². The van der Waals surface area contributed by atoms with Crippen LogP contribution < -0.4 is 5.73 Å². The van der Waals surface area contributed by atoms with Crippen LogP contribution in [0, 0.1) is 11.7 Å². The summed E-state index contributed by atoms with van der Waals surface area (Å²) in [5.74, 6) is 0.320. The molecule has 0 saturated carbocycles. The summed E-state index contributed by atoms with van der Waals surface area (Å²) in [5.41, 5.74) is 6.45. The Morgan fingerprint density at radius 3 is 2.73 bits per heavy atom. The summed E-state index contributed by atoms with van der Waals surface area (Å²) in [6, 6.07) is 4.67. The largest absolute Gasteiger partial charge is 0.399 e. The number of hydrogen-bond acceptors (Lipinski definition) is 2. The molecular formula is C12H18FNO. The zero-order chi connectivity index (χ0) is 11.3. The van der Waals surface area contributed by atoms with Gasteiger partial charge in [-0.3, -0.25) is 0 Å². The van der Waals surface area contributed by atoms with Crippen molar-refractivity contribution in [2.24, 2.45) is 5.92 Å². The van der Waals surface area contributed by atoms with E-state index in [0.29, 0.717) is 30.4 Å². The van der Waals surface area contributed by atoms with Crippen LogP contribution in [-0.4, -0.2) is 6.61 Å². The first-order valence-corrected chi connectivity index (χ1v) is 5.21. The van der Waals surface area contributed by atoms with E-state index < -0.39 is 0 Å². The van der Waals surface area contributed by atoms with Crippen molar-refractivity contribution in [3.8, 4) is 0 Å². The van der Waals surface area contributed by atoms with E-state index in [1.165, 1.54) is 6.07 Å². The molecule has 2 nitrogen and oxygen atoms in total. The Labute approximate surface area is 90.2 Å². The number of ether oxygens (including phenoxy) is 1.